The van der Waals surface area contributed by atoms with Gasteiger partial charge < -0.3 is 14.5 Å². The van der Waals surface area contributed by atoms with Crippen molar-refractivity contribution in [2.75, 3.05) is 50.8 Å². The molecule has 0 aromatic heterocycles. The Hall–Kier alpha value is -1.55. The van der Waals surface area contributed by atoms with Crippen molar-refractivity contribution in [3.8, 4) is 0 Å². The van der Waals surface area contributed by atoms with Crippen LogP contribution in [0.1, 0.15) is 24.8 Å². The molecule has 11 heteroatoms. The molecule has 0 radical (unpaired) electrons. The first-order chi connectivity index (χ1) is 17.2. The molecule has 0 spiro atoms. The largest absolute Gasteiger partial charge is 0.370 e. The lowest BCUT2D eigenvalue weighted by Crippen LogP contribution is -2.50. The monoisotopic (exact) mass is 573 g/mol. The molecule has 1 atom stereocenters. The van der Waals surface area contributed by atoms with Crippen LogP contribution < -0.4 is 4.90 Å². The third-order valence-electron chi connectivity index (χ3n) is 6.74. The Bertz CT molecular complexity index is 1180. The Morgan fingerprint density at radius 3 is 2.39 bits per heavy atom. The predicted molar refractivity (Wildman–Crippen MR) is 144 cm³/mol. The molecule has 2 aromatic carbocycles. The zero-order valence-corrected chi connectivity index (χ0v) is 23.2. The van der Waals surface area contributed by atoms with E-state index in [4.69, 9.17) is 39.5 Å². The molecule has 0 saturated carbocycles. The average molecular weight is 575 g/mol. The molecule has 0 N–H and O–H groups in total. The van der Waals surface area contributed by atoms with Gasteiger partial charge in [-0.3, -0.25) is 4.79 Å². The highest BCUT2D eigenvalue weighted by molar-refractivity contribution is 7.89. The van der Waals surface area contributed by atoms with E-state index in [1.165, 1.54) is 16.4 Å². The van der Waals surface area contributed by atoms with Crippen molar-refractivity contribution in [1.82, 2.24) is 9.21 Å². The third-order valence-corrected chi connectivity index (χ3v) is 9.88. The fourth-order valence-electron chi connectivity index (χ4n) is 4.80. The summed E-state index contributed by atoms with van der Waals surface area (Å²) in [6.07, 6.45) is 2.27. The SMILES string of the molecule is Cc1ccc(Cl)cc1N1CCN(C(=O)COCC2CCCCN2S(=O)(=O)c2c(Cl)cccc2Cl)CC1. The fraction of sp³-hybridized carbons (Fsp3) is 0.480. The van der Waals surface area contributed by atoms with Crippen molar-refractivity contribution in [2.45, 2.75) is 37.1 Å². The normalized spacial score (nSPS) is 19.5. The van der Waals surface area contributed by atoms with Gasteiger partial charge >= 0.3 is 0 Å². The van der Waals surface area contributed by atoms with Gasteiger partial charge in [0.15, 0.2) is 0 Å². The summed E-state index contributed by atoms with van der Waals surface area (Å²) >= 11 is 18.6. The number of carbonyl (C=O) groups is 1. The second-order valence-corrected chi connectivity index (χ2v) is 12.2. The summed E-state index contributed by atoms with van der Waals surface area (Å²) in [4.78, 5) is 16.7. The highest BCUT2D eigenvalue weighted by Crippen LogP contribution is 2.34. The summed E-state index contributed by atoms with van der Waals surface area (Å²) in [5.41, 5.74) is 2.23. The van der Waals surface area contributed by atoms with Crippen LogP contribution in [0, 0.1) is 6.92 Å². The Morgan fingerprint density at radius 1 is 1.00 bits per heavy atom. The van der Waals surface area contributed by atoms with Gasteiger partial charge in [0, 0.05) is 49.5 Å². The number of aryl methyl sites for hydroxylation is 1. The van der Waals surface area contributed by atoms with E-state index >= 15 is 0 Å². The van der Waals surface area contributed by atoms with Crippen LogP contribution >= 0.6 is 34.8 Å². The van der Waals surface area contributed by atoms with Gasteiger partial charge in [-0.05, 0) is 49.6 Å². The number of nitrogens with zero attached hydrogens (tertiary/aromatic N) is 3. The van der Waals surface area contributed by atoms with E-state index in [9.17, 15) is 13.2 Å². The molecule has 1 amide bonds. The zero-order chi connectivity index (χ0) is 25.9. The smallest absolute Gasteiger partial charge is 0.248 e. The van der Waals surface area contributed by atoms with Crippen molar-refractivity contribution >= 4 is 56.4 Å². The molecule has 2 aliphatic heterocycles. The molecule has 196 valence electrons. The lowest BCUT2D eigenvalue weighted by molar-refractivity contribution is -0.136. The molecule has 36 heavy (non-hydrogen) atoms. The number of halogens is 3. The number of amides is 1. The van der Waals surface area contributed by atoms with E-state index in [1.807, 2.05) is 25.1 Å². The molecular weight excluding hydrogens is 545 g/mol. The highest BCUT2D eigenvalue weighted by atomic mass is 35.5. The van der Waals surface area contributed by atoms with E-state index in [1.54, 1.807) is 11.0 Å². The van der Waals surface area contributed by atoms with Gasteiger partial charge in [-0.1, -0.05) is 53.4 Å². The van der Waals surface area contributed by atoms with E-state index in [0.29, 0.717) is 44.2 Å². The second kappa shape index (κ2) is 11.9. The van der Waals surface area contributed by atoms with Crippen molar-refractivity contribution in [3.05, 3.63) is 57.0 Å². The number of hydrogen-bond donors (Lipinski definition) is 0. The Morgan fingerprint density at radius 2 is 1.69 bits per heavy atom. The Labute approximate surface area is 227 Å². The van der Waals surface area contributed by atoms with Crippen LogP contribution in [0.15, 0.2) is 41.3 Å². The van der Waals surface area contributed by atoms with Gasteiger partial charge in [0.2, 0.25) is 15.9 Å². The molecule has 4 rings (SSSR count). The van der Waals surface area contributed by atoms with Crippen molar-refractivity contribution in [3.63, 3.8) is 0 Å². The molecule has 7 nitrogen and oxygen atoms in total. The van der Waals surface area contributed by atoms with Gasteiger partial charge in [0.25, 0.3) is 0 Å². The lowest BCUT2D eigenvalue weighted by Gasteiger charge is -2.37. The third kappa shape index (κ3) is 6.11. The fourth-order valence-corrected chi connectivity index (χ4v) is 7.74. The Kier molecular flexibility index (Phi) is 9.07. The summed E-state index contributed by atoms with van der Waals surface area (Å²) in [7, 11) is -3.90. The maximum absolute atomic E-state index is 13.4. The molecule has 2 fully saturated rings. The molecule has 2 saturated heterocycles. The van der Waals surface area contributed by atoms with Crippen LogP contribution in [0.2, 0.25) is 15.1 Å². The number of sulfonamides is 1. The van der Waals surface area contributed by atoms with E-state index in [-0.39, 0.29) is 40.1 Å². The van der Waals surface area contributed by atoms with Gasteiger partial charge in [-0.15, -0.1) is 0 Å². The molecule has 0 bridgehead atoms. The number of carbonyl (C=O) groups excluding carboxylic acids is 1. The van der Waals surface area contributed by atoms with Crippen LogP contribution in [0.4, 0.5) is 5.69 Å². The minimum absolute atomic E-state index is 0.0795. The minimum Gasteiger partial charge on any atom is -0.370 e. The maximum atomic E-state index is 13.4. The number of benzene rings is 2. The summed E-state index contributed by atoms with van der Waals surface area (Å²) in [5, 5.41) is 0.878. The summed E-state index contributed by atoms with van der Waals surface area (Å²) in [6.45, 7) is 5.04. The number of piperazine rings is 1. The van der Waals surface area contributed by atoms with E-state index < -0.39 is 10.0 Å². The van der Waals surface area contributed by atoms with Crippen LogP contribution in [0.25, 0.3) is 0 Å². The van der Waals surface area contributed by atoms with Gasteiger partial charge in [-0.2, -0.15) is 4.31 Å². The summed E-state index contributed by atoms with van der Waals surface area (Å²) in [6, 6.07) is 10.1. The van der Waals surface area contributed by atoms with Crippen molar-refractivity contribution in [1.29, 1.82) is 0 Å². The number of ether oxygens (including phenoxy) is 1. The molecular formula is C25H30Cl3N3O4S. The molecule has 1 unspecified atom stereocenters. The number of anilines is 1. The zero-order valence-electron chi connectivity index (χ0n) is 20.1. The topological polar surface area (TPSA) is 70.2 Å². The molecule has 2 aromatic rings. The number of rotatable bonds is 7. The van der Waals surface area contributed by atoms with Gasteiger partial charge in [-0.25, -0.2) is 8.42 Å². The van der Waals surface area contributed by atoms with Crippen LogP contribution in [-0.4, -0.2) is 75.5 Å². The predicted octanol–water partition coefficient (Wildman–Crippen LogP) is 4.86. The highest BCUT2D eigenvalue weighted by Gasteiger charge is 2.36. The van der Waals surface area contributed by atoms with Crippen LogP contribution in [0.5, 0.6) is 0 Å². The van der Waals surface area contributed by atoms with Crippen molar-refractivity contribution in [2.24, 2.45) is 0 Å². The maximum Gasteiger partial charge on any atom is 0.248 e. The van der Waals surface area contributed by atoms with E-state index in [0.717, 1.165) is 24.1 Å². The van der Waals surface area contributed by atoms with Crippen LogP contribution in [0.3, 0.4) is 0 Å². The minimum atomic E-state index is -3.90. The molecule has 0 aliphatic carbocycles. The quantitative estimate of drug-likeness (QED) is 0.472. The van der Waals surface area contributed by atoms with Crippen molar-refractivity contribution < 1.29 is 17.9 Å². The average Bonchev–Trinajstić information content (AvgIpc) is 2.85. The van der Waals surface area contributed by atoms with E-state index in [2.05, 4.69) is 4.90 Å². The Balaban J connectivity index is 1.32. The summed E-state index contributed by atoms with van der Waals surface area (Å²) in [5.74, 6) is -0.100. The first kappa shape index (κ1) is 27.5. The van der Waals surface area contributed by atoms with Gasteiger partial charge in [0.1, 0.15) is 11.5 Å². The van der Waals surface area contributed by atoms with Gasteiger partial charge in [0.05, 0.1) is 16.7 Å². The lowest BCUT2D eigenvalue weighted by atomic mass is 10.1. The first-order valence-corrected chi connectivity index (χ1v) is 14.6. The van der Waals surface area contributed by atoms with Crippen LogP contribution in [-0.2, 0) is 19.6 Å². The number of hydrogen-bond acceptors (Lipinski definition) is 5. The standard InChI is InChI=1S/C25H30Cl3N3O4S/c1-18-8-9-19(26)15-23(18)29-11-13-30(14-12-29)24(32)17-35-16-20-5-2-3-10-31(20)36(33,34)25-21(27)6-4-7-22(25)28/h4,6-9,15,20H,2-3,5,10-14,16-17H2,1H3. The first-order valence-electron chi connectivity index (χ1n) is 12.0. The number of piperidine rings is 1. The molecule has 2 heterocycles. The molecule has 2 aliphatic rings. The second-order valence-electron chi connectivity index (χ2n) is 9.13. The summed E-state index contributed by atoms with van der Waals surface area (Å²) < 4.78 is 34.0.